The van der Waals surface area contributed by atoms with E-state index in [0.29, 0.717) is 5.75 Å². The zero-order valence-corrected chi connectivity index (χ0v) is 16.2. The smallest absolute Gasteiger partial charge is 0.387 e. The van der Waals surface area contributed by atoms with Gasteiger partial charge in [-0.2, -0.15) is 8.78 Å². The lowest BCUT2D eigenvalue weighted by Crippen LogP contribution is -2.34. The number of para-hydroxylation sites is 1. The van der Waals surface area contributed by atoms with Crippen molar-refractivity contribution in [2.24, 2.45) is 0 Å². The first-order valence-corrected chi connectivity index (χ1v) is 8.70. The molecule has 0 radical (unpaired) electrons. The van der Waals surface area contributed by atoms with Crippen molar-refractivity contribution in [3.05, 3.63) is 58.1 Å². The van der Waals surface area contributed by atoms with Gasteiger partial charge in [0.05, 0.1) is 23.7 Å². The zero-order valence-electron chi connectivity index (χ0n) is 16.2. The third-order valence-corrected chi connectivity index (χ3v) is 3.71. The molecule has 0 fully saturated rings. The van der Waals surface area contributed by atoms with Crippen molar-refractivity contribution in [2.75, 3.05) is 20.3 Å². The van der Waals surface area contributed by atoms with Crippen molar-refractivity contribution in [3.8, 4) is 17.2 Å². The van der Waals surface area contributed by atoms with E-state index < -0.39 is 48.0 Å². The molecule has 0 bridgehead atoms. The number of nitrogens with zero attached hydrogens (tertiary/aromatic N) is 1. The van der Waals surface area contributed by atoms with Crippen molar-refractivity contribution in [1.29, 1.82) is 0 Å². The summed E-state index contributed by atoms with van der Waals surface area (Å²) in [4.78, 5) is 33.9. The van der Waals surface area contributed by atoms with Gasteiger partial charge in [0.15, 0.2) is 18.1 Å². The number of nitro benzene ring substituents is 1. The van der Waals surface area contributed by atoms with E-state index in [1.165, 1.54) is 0 Å². The van der Waals surface area contributed by atoms with E-state index in [4.69, 9.17) is 14.2 Å². The number of amides is 1. The van der Waals surface area contributed by atoms with Gasteiger partial charge in [-0.15, -0.1) is 0 Å². The Morgan fingerprint density at radius 3 is 2.48 bits per heavy atom. The minimum absolute atomic E-state index is 0.115. The van der Waals surface area contributed by atoms with Crippen LogP contribution in [0.25, 0.3) is 0 Å². The number of methoxy groups -OCH3 is 1. The van der Waals surface area contributed by atoms with Crippen LogP contribution in [-0.2, 0) is 20.9 Å². The number of alkyl halides is 2. The average molecular weight is 440 g/mol. The Bertz CT molecular complexity index is 925. The van der Waals surface area contributed by atoms with Gasteiger partial charge in [-0.3, -0.25) is 19.7 Å². The third kappa shape index (κ3) is 7.42. The predicted molar refractivity (Wildman–Crippen MR) is 101 cm³/mol. The second-order valence-electron chi connectivity index (χ2n) is 5.81. The van der Waals surface area contributed by atoms with Crippen LogP contribution in [0.1, 0.15) is 5.56 Å². The van der Waals surface area contributed by atoms with E-state index in [2.05, 4.69) is 10.1 Å². The Labute approximate surface area is 174 Å². The molecule has 1 N–H and O–H groups in total. The van der Waals surface area contributed by atoms with Gasteiger partial charge in [0.2, 0.25) is 0 Å². The number of nitrogens with one attached hydrogen (secondary N) is 1. The van der Waals surface area contributed by atoms with Crippen LogP contribution in [0.4, 0.5) is 14.5 Å². The van der Waals surface area contributed by atoms with Gasteiger partial charge >= 0.3 is 12.6 Å². The van der Waals surface area contributed by atoms with Crippen molar-refractivity contribution in [1.82, 2.24) is 5.32 Å². The molecule has 2 aromatic carbocycles. The largest absolute Gasteiger partial charge is 0.493 e. The van der Waals surface area contributed by atoms with Gasteiger partial charge in [0, 0.05) is 0 Å². The molecule has 10 nitrogen and oxygen atoms in total. The van der Waals surface area contributed by atoms with Crippen LogP contribution < -0.4 is 19.5 Å². The number of hydrogen-bond acceptors (Lipinski definition) is 8. The molecular formula is C19H18F2N2O8. The second kappa shape index (κ2) is 11.3. The van der Waals surface area contributed by atoms with Crippen molar-refractivity contribution >= 4 is 17.6 Å². The number of carbonyl (C=O) groups excluding carboxylic acids is 2. The highest BCUT2D eigenvalue weighted by Gasteiger charge is 2.22. The highest BCUT2D eigenvalue weighted by atomic mass is 19.3. The fraction of sp³-hybridized carbons (Fsp3) is 0.263. The fourth-order valence-corrected chi connectivity index (χ4v) is 2.32. The van der Waals surface area contributed by atoms with Gasteiger partial charge in [-0.05, 0) is 18.2 Å². The fourth-order valence-electron chi connectivity index (χ4n) is 2.32. The lowest BCUT2D eigenvalue weighted by atomic mass is 10.1. The van der Waals surface area contributed by atoms with E-state index in [0.717, 1.165) is 19.2 Å². The Hall–Kier alpha value is -3.96. The summed E-state index contributed by atoms with van der Waals surface area (Å²) < 4.78 is 44.1. The molecule has 0 atom stereocenters. The Morgan fingerprint density at radius 2 is 1.87 bits per heavy atom. The third-order valence-electron chi connectivity index (χ3n) is 3.71. The van der Waals surface area contributed by atoms with E-state index in [1.807, 2.05) is 0 Å². The molecule has 2 aromatic rings. The highest BCUT2D eigenvalue weighted by Crippen LogP contribution is 2.36. The van der Waals surface area contributed by atoms with Crippen LogP contribution in [0.5, 0.6) is 17.2 Å². The first-order valence-electron chi connectivity index (χ1n) is 8.70. The summed E-state index contributed by atoms with van der Waals surface area (Å²) in [6.45, 7) is -4.61. The number of halogens is 2. The van der Waals surface area contributed by atoms with Crippen LogP contribution in [0.15, 0.2) is 42.5 Å². The summed E-state index contributed by atoms with van der Waals surface area (Å²) >= 11 is 0. The molecule has 0 aliphatic carbocycles. The zero-order chi connectivity index (χ0) is 22.8. The van der Waals surface area contributed by atoms with Crippen LogP contribution in [-0.4, -0.2) is 43.7 Å². The molecule has 12 heteroatoms. The van der Waals surface area contributed by atoms with E-state index in [9.17, 15) is 28.5 Å². The van der Waals surface area contributed by atoms with E-state index in [-0.39, 0.29) is 17.9 Å². The number of benzene rings is 2. The van der Waals surface area contributed by atoms with Gasteiger partial charge in [0.25, 0.3) is 11.6 Å². The van der Waals surface area contributed by atoms with Crippen molar-refractivity contribution < 1.29 is 42.2 Å². The molecule has 2 rings (SSSR count). The number of hydrogen-bond donors (Lipinski definition) is 1. The molecule has 0 aliphatic heterocycles. The number of carbonyl (C=O) groups is 2. The molecule has 31 heavy (non-hydrogen) atoms. The summed E-state index contributed by atoms with van der Waals surface area (Å²) in [5.41, 5.74) is -0.722. The first kappa shape index (κ1) is 23.3. The molecule has 0 aromatic heterocycles. The average Bonchev–Trinajstić information content (AvgIpc) is 2.75. The summed E-state index contributed by atoms with van der Waals surface area (Å²) in [6.07, 6.45) is 0. The number of rotatable bonds is 11. The highest BCUT2D eigenvalue weighted by molar-refractivity contribution is 5.82. The normalized spacial score (nSPS) is 10.3. The molecule has 0 aliphatic rings. The van der Waals surface area contributed by atoms with Crippen molar-refractivity contribution in [2.45, 2.75) is 13.2 Å². The van der Waals surface area contributed by atoms with Crippen LogP contribution in [0.3, 0.4) is 0 Å². The quantitative estimate of drug-likeness (QED) is 0.321. The van der Waals surface area contributed by atoms with Gasteiger partial charge < -0.3 is 24.3 Å². The summed E-state index contributed by atoms with van der Waals surface area (Å²) in [7, 11) is 1.16. The van der Waals surface area contributed by atoms with Crippen molar-refractivity contribution in [3.63, 3.8) is 0 Å². The first-order chi connectivity index (χ1) is 14.8. The number of nitro groups is 1. The molecule has 0 saturated carbocycles. The predicted octanol–water partition coefficient (Wildman–Crippen LogP) is 2.44. The number of ether oxygens (including phenoxy) is 4. The Balaban J connectivity index is 1.91. The molecule has 0 heterocycles. The Morgan fingerprint density at radius 1 is 1.16 bits per heavy atom. The minimum Gasteiger partial charge on any atom is -0.493 e. The molecule has 0 unspecified atom stereocenters. The van der Waals surface area contributed by atoms with E-state index in [1.54, 1.807) is 30.3 Å². The topological polar surface area (TPSA) is 126 Å². The Kier molecular flexibility index (Phi) is 8.49. The standard InChI is InChI=1S/C19H18F2N2O8/c1-28-15-7-12(14(23(26)27)8-16(15)31-19(20)21)10-30-18(25)9-22-17(24)11-29-13-5-3-2-4-6-13/h2-8,19H,9-11H2,1H3,(H,22,24). The van der Waals surface area contributed by atoms with Gasteiger partial charge in [-0.25, -0.2) is 0 Å². The molecule has 1 amide bonds. The summed E-state index contributed by atoms with van der Waals surface area (Å²) in [5, 5.41) is 13.5. The monoisotopic (exact) mass is 440 g/mol. The molecular weight excluding hydrogens is 422 g/mol. The number of esters is 1. The SMILES string of the molecule is COc1cc(COC(=O)CNC(=O)COc2ccccc2)c([N+](=O)[O-])cc1OC(F)F. The second-order valence-corrected chi connectivity index (χ2v) is 5.81. The van der Waals surface area contributed by atoms with Crippen LogP contribution in [0, 0.1) is 10.1 Å². The maximum Gasteiger partial charge on any atom is 0.387 e. The lowest BCUT2D eigenvalue weighted by Gasteiger charge is -2.12. The van der Waals surface area contributed by atoms with Gasteiger partial charge in [-0.1, -0.05) is 18.2 Å². The molecule has 166 valence electrons. The maximum atomic E-state index is 12.5. The summed E-state index contributed by atoms with van der Waals surface area (Å²) in [5.74, 6) is -1.73. The molecule has 0 saturated heterocycles. The summed E-state index contributed by atoms with van der Waals surface area (Å²) in [6, 6.07) is 10.3. The van der Waals surface area contributed by atoms with Crippen LogP contribution in [0.2, 0.25) is 0 Å². The van der Waals surface area contributed by atoms with Crippen LogP contribution >= 0.6 is 0 Å². The van der Waals surface area contributed by atoms with E-state index >= 15 is 0 Å². The maximum absolute atomic E-state index is 12.5. The lowest BCUT2D eigenvalue weighted by molar-refractivity contribution is -0.386. The molecule has 0 spiro atoms. The van der Waals surface area contributed by atoms with Gasteiger partial charge in [0.1, 0.15) is 18.9 Å². The minimum atomic E-state index is -3.22.